The first-order valence-electron chi connectivity index (χ1n) is 8.37. The molecule has 9 heteroatoms. The maximum atomic E-state index is 12.1. The number of aromatic nitrogens is 2. The Morgan fingerprint density at radius 1 is 1.37 bits per heavy atom. The molecule has 1 aliphatic rings. The summed E-state index contributed by atoms with van der Waals surface area (Å²) >= 11 is 6.39. The number of nitrogens with one attached hydrogen (secondary N) is 1. The van der Waals surface area contributed by atoms with Gasteiger partial charge in [0.15, 0.2) is 9.84 Å². The number of hydrogen-bond acceptors (Lipinski definition) is 5. The fourth-order valence-electron chi connectivity index (χ4n) is 2.95. The quantitative estimate of drug-likeness (QED) is 0.767. The summed E-state index contributed by atoms with van der Waals surface area (Å²) in [4.78, 5) is 12.1. The zero-order chi connectivity index (χ0) is 19.6. The Morgan fingerprint density at radius 3 is 2.67 bits per heavy atom. The molecule has 1 atom stereocenters. The highest BCUT2D eigenvalue weighted by molar-refractivity contribution is 7.91. The minimum absolute atomic E-state index is 0.0367. The molecule has 0 aliphatic carbocycles. The van der Waals surface area contributed by atoms with Crippen LogP contribution in [0, 0.1) is 6.92 Å². The van der Waals surface area contributed by atoms with Gasteiger partial charge in [0.25, 0.3) is 0 Å². The van der Waals surface area contributed by atoms with Crippen LogP contribution in [0.2, 0.25) is 5.15 Å². The summed E-state index contributed by atoms with van der Waals surface area (Å²) in [5.74, 6) is 0.566. The molecule has 1 aromatic carbocycles. The number of carbonyl (C=O) groups is 1. The van der Waals surface area contributed by atoms with Crippen LogP contribution in [-0.4, -0.2) is 42.7 Å². The van der Waals surface area contributed by atoms with Gasteiger partial charge in [-0.3, -0.25) is 4.79 Å². The molecular weight excluding hydrogens is 390 g/mol. The SMILES string of the molecule is COc1ccc(NC(=O)/C=C/c2c(C)nn([C@@H]3CCS(=O)(=O)C3)c2Cl)cc1. The lowest BCUT2D eigenvalue weighted by Gasteiger charge is -2.09. The lowest BCUT2D eigenvalue weighted by molar-refractivity contribution is -0.111. The zero-order valence-corrected chi connectivity index (χ0v) is 16.5. The third-order valence-electron chi connectivity index (χ3n) is 4.38. The van der Waals surface area contributed by atoms with Crippen LogP contribution in [0.1, 0.15) is 23.7 Å². The largest absolute Gasteiger partial charge is 0.497 e. The van der Waals surface area contributed by atoms with E-state index in [0.717, 1.165) is 0 Å². The van der Waals surface area contributed by atoms with Crippen LogP contribution >= 0.6 is 11.6 Å². The standard InChI is InChI=1S/C18H20ClN3O4S/c1-12-16(18(19)22(21-12)14-9-10-27(24,25)11-14)7-8-17(23)20-13-3-5-15(26-2)6-4-13/h3-8,14H,9-11H2,1-2H3,(H,20,23)/b8-7+/t14-/m1/s1. The molecule has 27 heavy (non-hydrogen) atoms. The number of benzene rings is 1. The molecule has 1 aliphatic heterocycles. The molecule has 0 bridgehead atoms. The molecule has 1 N–H and O–H groups in total. The molecule has 2 aromatic rings. The number of rotatable bonds is 5. The van der Waals surface area contributed by atoms with Crippen molar-refractivity contribution in [2.75, 3.05) is 23.9 Å². The molecule has 7 nitrogen and oxygen atoms in total. The van der Waals surface area contributed by atoms with Crippen molar-refractivity contribution in [1.82, 2.24) is 9.78 Å². The smallest absolute Gasteiger partial charge is 0.248 e. The minimum Gasteiger partial charge on any atom is -0.497 e. The van der Waals surface area contributed by atoms with Crippen molar-refractivity contribution in [3.8, 4) is 5.75 Å². The van der Waals surface area contributed by atoms with Crippen LogP contribution in [0.3, 0.4) is 0 Å². The lowest BCUT2D eigenvalue weighted by Crippen LogP contribution is -2.12. The van der Waals surface area contributed by atoms with Crippen LogP contribution in [0.25, 0.3) is 6.08 Å². The van der Waals surface area contributed by atoms with Gasteiger partial charge in [0, 0.05) is 17.3 Å². The van der Waals surface area contributed by atoms with Crippen molar-refractivity contribution in [1.29, 1.82) is 0 Å². The molecular formula is C18H20ClN3O4S. The number of methoxy groups -OCH3 is 1. The van der Waals surface area contributed by atoms with Crippen LogP contribution in [0.4, 0.5) is 5.69 Å². The molecule has 2 heterocycles. The third-order valence-corrected chi connectivity index (χ3v) is 6.51. The Balaban J connectivity index is 1.72. The van der Waals surface area contributed by atoms with Gasteiger partial charge in [-0.15, -0.1) is 0 Å². The van der Waals surface area contributed by atoms with Crippen molar-refractivity contribution < 1.29 is 17.9 Å². The Bertz CT molecular complexity index is 981. The fraction of sp³-hybridized carbons (Fsp3) is 0.333. The second kappa shape index (κ2) is 7.74. The molecule has 1 aromatic heterocycles. The summed E-state index contributed by atoms with van der Waals surface area (Å²) in [5.41, 5.74) is 1.88. The van der Waals surface area contributed by atoms with Gasteiger partial charge in [-0.05, 0) is 43.7 Å². The lowest BCUT2D eigenvalue weighted by atomic mass is 10.2. The predicted octanol–water partition coefficient (Wildman–Crippen LogP) is 2.87. The van der Waals surface area contributed by atoms with Gasteiger partial charge in [0.1, 0.15) is 10.9 Å². The van der Waals surface area contributed by atoms with Gasteiger partial charge in [-0.2, -0.15) is 5.10 Å². The molecule has 1 fully saturated rings. The normalized spacial score (nSPS) is 18.7. The Labute approximate surface area is 162 Å². The first-order chi connectivity index (χ1) is 12.8. The molecule has 3 rings (SSSR count). The van der Waals surface area contributed by atoms with Crippen molar-refractivity contribution in [2.24, 2.45) is 0 Å². The highest BCUT2D eigenvalue weighted by Crippen LogP contribution is 2.30. The van der Waals surface area contributed by atoms with E-state index in [9.17, 15) is 13.2 Å². The number of anilines is 1. The second-order valence-electron chi connectivity index (χ2n) is 6.34. The minimum atomic E-state index is -3.04. The molecule has 0 unspecified atom stereocenters. The van der Waals surface area contributed by atoms with Gasteiger partial charge in [0.2, 0.25) is 5.91 Å². The number of aryl methyl sites for hydroxylation is 1. The highest BCUT2D eigenvalue weighted by atomic mass is 35.5. The third kappa shape index (κ3) is 4.51. The van der Waals surface area contributed by atoms with E-state index in [-0.39, 0.29) is 23.5 Å². The van der Waals surface area contributed by atoms with Crippen molar-refractivity contribution >= 4 is 39.1 Å². The fourth-order valence-corrected chi connectivity index (χ4v) is 5.02. The Morgan fingerprint density at radius 2 is 2.07 bits per heavy atom. The number of carbonyl (C=O) groups excluding carboxylic acids is 1. The first kappa shape index (κ1) is 19.4. The topological polar surface area (TPSA) is 90.3 Å². The van der Waals surface area contributed by atoms with Crippen molar-refractivity contribution in [3.05, 3.63) is 46.8 Å². The number of sulfone groups is 1. The molecule has 0 saturated carbocycles. The Kier molecular flexibility index (Phi) is 5.57. The number of halogens is 1. The van der Waals surface area contributed by atoms with E-state index >= 15 is 0 Å². The summed E-state index contributed by atoms with van der Waals surface area (Å²) in [6.45, 7) is 1.77. The van der Waals surface area contributed by atoms with Gasteiger partial charge >= 0.3 is 0 Å². The van der Waals surface area contributed by atoms with E-state index < -0.39 is 9.84 Å². The van der Waals surface area contributed by atoms with E-state index in [1.54, 1.807) is 49.1 Å². The van der Waals surface area contributed by atoms with Crippen LogP contribution < -0.4 is 10.1 Å². The van der Waals surface area contributed by atoms with E-state index in [1.165, 1.54) is 6.08 Å². The van der Waals surface area contributed by atoms with Gasteiger partial charge < -0.3 is 10.1 Å². The number of amides is 1. The van der Waals surface area contributed by atoms with Gasteiger partial charge in [0.05, 0.1) is 30.4 Å². The first-order valence-corrected chi connectivity index (χ1v) is 10.6. The highest BCUT2D eigenvalue weighted by Gasteiger charge is 2.31. The van der Waals surface area contributed by atoms with Crippen molar-refractivity contribution in [3.63, 3.8) is 0 Å². The number of nitrogens with zero attached hydrogens (tertiary/aromatic N) is 2. The van der Waals surface area contributed by atoms with E-state index in [0.29, 0.717) is 34.3 Å². The summed E-state index contributed by atoms with van der Waals surface area (Å²) in [6, 6.07) is 6.71. The molecule has 1 amide bonds. The van der Waals surface area contributed by atoms with E-state index in [1.807, 2.05) is 0 Å². The summed E-state index contributed by atoms with van der Waals surface area (Å²) < 4.78 is 30.0. The monoisotopic (exact) mass is 409 g/mol. The van der Waals surface area contributed by atoms with E-state index in [4.69, 9.17) is 16.3 Å². The summed E-state index contributed by atoms with van der Waals surface area (Å²) in [5, 5.41) is 7.44. The molecule has 144 valence electrons. The van der Waals surface area contributed by atoms with E-state index in [2.05, 4.69) is 10.4 Å². The van der Waals surface area contributed by atoms with Crippen molar-refractivity contribution in [2.45, 2.75) is 19.4 Å². The summed E-state index contributed by atoms with van der Waals surface area (Å²) in [7, 11) is -1.47. The number of hydrogen-bond donors (Lipinski definition) is 1. The summed E-state index contributed by atoms with van der Waals surface area (Å²) in [6.07, 6.45) is 3.45. The predicted molar refractivity (Wildman–Crippen MR) is 105 cm³/mol. The molecule has 0 radical (unpaired) electrons. The molecule has 0 spiro atoms. The van der Waals surface area contributed by atoms with Crippen LogP contribution in [0.5, 0.6) is 5.75 Å². The second-order valence-corrected chi connectivity index (χ2v) is 8.93. The van der Waals surface area contributed by atoms with Crippen LogP contribution in [0.15, 0.2) is 30.3 Å². The molecule has 1 saturated heterocycles. The van der Waals surface area contributed by atoms with Crippen LogP contribution in [-0.2, 0) is 14.6 Å². The Hall–Kier alpha value is -2.32. The maximum Gasteiger partial charge on any atom is 0.248 e. The number of ether oxygens (including phenoxy) is 1. The zero-order valence-electron chi connectivity index (χ0n) is 15.0. The maximum absolute atomic E-state index is 12.1. The van der Waals surface area contributed by atoms with Gasteiger partial charge in [-0.25, -0.2) is 13.1 Å². The average molecular weight is 410 g/mol. The average Bonchev–Trinajstić information content (AvgIpc) is 3.12. The van der Waals surface area contributed by atoms with Gasteiger partial charge in [-0.1, -0.05) is 11.6 Å².